The molecule has 4 N–H and O–H groups in total. The van der Waals surface area contributed by atoms with Crippen LogP contribution >= 0.6 is 11.3 Å². The van der Waals surface area contributed by atoms with Gasteiger partial charge in [0.1, 0.15) is 12.0 Å². The lowest BCUT2D eigenvalue weighted by molar-refractivity contribution is -0.0324. The molecule has 1 atom stereocenters. The van der Waals surface area contributed by atoms with Crippen LogP contribution in [-0.4, -0.2) is 81.1 Å². The van der Waals surface area contributed by atoms with Crippen molar-refractivity contribution in [2.45, 2.75) is 38.1 Å². The Bertz CT molecular complexity index is 1550. The van der Waals surface area contributed by atoms with E-state index in [0.29, 0.717) is 18.0 Å². The molecule has 3 aromatic heterocycles. The number of carbonyl (C=O) groups is 1. The molecule has 1 aliphatic carbocycles. The van der Waals surface area contributed by atoms with E-state index < -0.39 is 12.0 Å². The van der Waals surface area contributed by atoms with Gasteiger partial charge in [-0.3, -0.25) is 19.8 Å². The molecule has 6 rings (SSSR count). The first-order chi connectivity index (χ1) is 20.4. The molecule has 1 saturated heterocycles. The quantitative estimate of drug-likeness (QED) is 0.226. The summed E-state index contributed by atoms with van der Waals surface area (Å²) < 4.78 is 21.6. The second kappa shape index (κ2) is 12.7. The van der Waals surface area contributed by atoms with Gasteiger partial charge in [0.05, 0.1) is 27.4 Å². The van der Waals surface area contributed by atoms with Crippen LogP contribution in [0.15, 0.2) is 54.9 Å². The first kappa shape index (κ1) is 28.4. The fraction of sp³-hybridized carbons (Fsp3) is 0.367. The van der Waals surface area contributed by atoms with Crippen molar-refractivity contribution < 1.29 is 24.1 Å². The number of nitrogens with one attached hydrogen (secondary N) is 2. The van der Waals surface area contributed by atoms with Gasteiger partial charge in [-0.1, -0.05) is 6.07 Å². The number of ether oxygens (including phenoxy) is 1. The lowest BCUT2D eigenvalue weighted by Gasteiger charge is -2.25. The highest BCUT2D eigenvalue weighted by Crippen LogP contribution is 2.39. The minimum absolute atomic E-state index is 0.0515. The maximum absolute atomic E-state index is 14.9. The Labute approximate surface area is 246 Å². The Kier molecular flexibility index (Phi) is 8.58. The number of urea groups is 1. The Morgan fingerprint density at radius 1 is 1.10 bits per heavy atom. The third-order valence-corrected chi connectivity index (χ3v) is 8.55. The first-order valence-electron chi connectivity index (χ1n) is 14.1. The van der Waals surface area contributed by atoms with Crippen molar-refractivity contribution in [2.24, 2.45) is 0 Å². The number of halogens is 1. The zero-order chi connectivity index (χ0) is 29.1. The number of amides is 2. The van der Waals surface area contributed by atoms with Gasteiger partial charge in [-0.2, -0.15) is 0 Å². The number of aromatic nitrogens is 2. The molecule has 4 heterocycles. The number of aliphatic hydroxyl groups excluding tert-OH is 2. The summed E-state index contributed by atoms with van der Waals surface area (Å²) in [6.45, 7) is 3.68. The summed E-state index contributed by atoms with van der Waals surface area (Å²) in [5.41, 5.74) is 2.99. The van der Waals surface area contributed by atoms with Crippen molar-refractivity contribution in [1.82, 2.24) is 25.1 Å². The summed E-state index contributed by atoms with van der Waals surface area (Å²) >= 11 is 1.48. The van der Waals surface area contributed by atoms with E-state index in [1.54, 1.807) is 18.3 Å². The fourth-order valence-electron chi connectivity index (χ4n) is 4.97. The van der Waals surface area contributed by atoms with Crippen molar-refractivity contribution in [3.8, 4) is 22.1 Å². The Balaban J connectivity index is 1.12. The number of benzene rings is 1. The Morgan fingerprint density at radius 3 is 2.74 bits per heavy atom. The SMILES string of the molecule is O=C(Nc1ccc(Oc2ccnc3cc(-c4ccc(CN5CCCN(C(O)CO)CC5)cn4)sc23)c(F)c1)NC1CC1. The number of hydrogen-bond donors (Lipinski definition) is 4. The minimum atomic E-state index is -0.805. The van der Waals surface area contributed by atoms with Crippen molar-refractivity contribution in [3.63, 3.8) is 0 Å². The van der Waals surface area contributed by atoms with Crippen LogP contribution in [0.4, 0.5) is 14.9 Å². The van der Waals surface area contributed by atoms with E-state index in [1.165, 1.54) is 23.5 Å². The number of anilines is 1. The zero-order valence-corrected chi connectivity index (χ0v) is 23.8. The number of hydrogen-bond acceptors (Lipinski definition) is 9. The van der Waals surface area contributed by atoms with Crippen LogP contribution in [0.5, 0.6) is 11.5 Å². The molecule has 10 nitrogen and oxygen atoms in total. The smallest absolute Gasteiger partial charge is 0.319 e. The second-order valence-electron chi connectivity index (χ2n) is 10.6. The summed E-state index contributed by atoms with van der Waals surface area (Å²) in [5, 5.41) is 24.6. The van der Waals surface area contributed by atoms with E-state index in [9.17, 15) is 19.4 Å². The summed E-state index contributed by atoms with van der Waals surface area (Å²) in [7, 11) is 0. The van der Waals surface area contributed by atoms with Crippen LogP contribution in [0.1, 0.15) is 24.8 Å². The second-order valence-corrected chi connectivity index (χ2v) is 11.7. The third kappa shape index (κ3) is 6.85. The maximum atomic E-state index is 14.9. The van der Waals surface area contributed by atoms with Gasteiger partial charge in [-0.05, 0) is 55.6 Å². The molecule has 2 amide bonds. The highest BCUT2D eigenvalue weighted by molar-refractivity contribution is 7.22. The molecule has 1 saturated carbocycles. The van der Waals surface area contributed by atoms with E-state index in [4.69, 9.17) is 9.72 Å². The largest absolute Gasteiger partial charge is 0.453 e. The topological polar surface area (TPSA) is 123 Å². The highest BCUT2D eigenvalue weighted by atomic mass is 32.1. The van der Waals surface area contributed by atoms with E-state index >= 15 is 0 Å². The van der Waals surface area contributed by atoms with Gasteiger partial charge >= 0.3 is 6.03 Å². The number of nitrogens with zero attached hydrogens (tertiary/aromatic N) is 4. The predicted molar refractivity (Wildman–Crippen MR) is 159 cm³/mol. The van der Waals surface area contributed by atoms with Gasteiger partial charge in [0, 0.05) is 62.4 Å². The van der Waals surface area contributed by atoms with E-state index in [0.717, 1.165) is 71.8 Å². The molecule has 220 valence electrons. The molecule has 4 aromatic rings. The molecular weight excluding hydrogens is 559 g/mol. The van der Waals surface area contributed by atoms with Crippen LogP contribution in [0, 0.1) is 5.82 Å². The van der Waals surface area contributed by atoms with Crippen LogP contribution in [-0.2, 0) is 6.54 Å². The van der Waals surface area contributed by atoms with Crippen LogP contribution < -0.4 is 15.4 Å². The number of pyridine rings is 2. The number of aliphatic hydroxyl groups is 2. The third-order valence-electron chi connectivity index (χ3n) is 7.39. The monoisotopic (exact) mass is 592 g/mol. The molecule has 42 heavy (non-hydrogen) atoms. The molecule has 0 bridgehead atoms. The van der Waals surface area contributed by atoms with Gasteiger partial charge < -0.3 is 25.6 Å². The van der Waals surface area contributed by atoms with E-state index in [-0.39, 0.29) is 24.4 Å². The number of thiophene rings is 1. The summed E-state index contributed by atoms with van der Waals surface area (Å²) in [5.74, 6) is -0.0454. The number of carbonyl (C=O) groups excluding carboxylic acids is 1. The van der Waals surface area contributed by atoms with Gasteiger partial charge in [0.2, 0.25) is 0 Å². The molecule has 2 aliphatic rings. The lowest BCUT2D eigenvalue weighted by Crippen LogP contribution is -2.40. The maximum Gasteiger partial charge on any atom is 0.319 e. The zero-order valence-electron chi connectivity index (χ0n) is 23.0. The van der Waals surface area contributed by atoms with Gasteiger partial charge in [0.25, 0.3) is 0 Å². The predicted octanol–water partition coefficient (Wildman–Crippen LogP) is 4.39. The average molecular weight is 593 g/mol. The molecule has 1 aliphatic heterocycles. The molecule has 1 aromatic carbocycles. The molecule has 0 radical (unpaired) electrons. The summed E-state index contributed by atoms with van der Waals surface area (Å²) in [6.07, 6.45) is 5.57. The van der Waals surface area contributed by atoms with Gasteiger partial charge in [-0.15, -0.1) is 11.3 Å². The fourth-order valence-corrected chi connectivity index (χ4v) is 6.01. The van der Waals surface area contributed by atoms with Crippen LogP contribution in [0.3, 0.4) is 0 Å². The van der Waals surface area contributed by atoms with Crippen molar-refractivity contribution in [3.05, 3.63) is 66.2 Å². The normalized spacial score (nSPS) is 17.1. The number of fused-ring (bicyclic) bond motifs is 1. The molecular formula is C30H33FN6O4S. The lowest BCUT2D eigenvalue weighted by atomic mass is 10.2. The molecule has 12 heteroatoms. The molecule has 0 spiro atoms. The average Bonchev–Trinajstić information content (AvgIpc) is 3.74. The highest BCUT2D eigenvalue weighted by Gasteiger charge is 2.23. The van der Waals surface area contributed by atoms with Gasteiger partial charge in [0.15, 0.2) is 11.6 Å². The summed E-state index contributed by atoms with van der Waals surface area (Å²) in [6, 6.07) is 11.9. The van der Waals surface area contributed by atoms with Crippen molar-refractivity contribution >= 4 is 33.3 Å². The number of rotatable bonds is 9. The Hall–Kier alpha value is -3.68. The first-order valence-corrected chi connectivity index (χ1v) is 14.9. The van der Waals surface area contributed by atoms with E-state index in [2.05, 4.69) is 26.6 Å². The van der Waals surface area contributed by atoms with Gasteiger partial charge in [-0.25, -0.2) is 9.18 Å². The molecule has 2 fully saturated rings. The minimum Gasteiger partial charge on any atom is -0.453 e. The van der Waals surface area contributed by atoms with Crippen LogP contribution in [0.25, 0.3) is 20.8 Å². The van der Waals surface area contributed by atoms with E-state index in [1.807, 2.05) is 23.2 Å². The Morgan fingerprint density at radius 2 is 1.98 bits per heavy atom. The standard InChI is InChI=1S/C30H33FN6O4S/c31-22-14-21(35-30(40)34-20-3-4-20)5-7-25(22)41-26-8-9-32-24-15-27(42-29(24)26)23-6-2-19(16-33-23)17-36-10-1-11-37(13-12-36)28(39)18-38/h2,5-9,14-16,20,28,38-39H,1,3-4,10-13,17-18H2,(H2,34,35,40). The van der Waals surface area contributed by atoms with Crippen LogP contribution in [0.2, 0.25) is 0 Å². The van der Waals surface area contributed by atoms with Crippen molar-refractivity contribution in [2.75, 3.05) is 38.1 Å². The summed E-state index contributed by atoms with van der Waals surface area (Å²) in [4.78, 5) is 26.3. The van der Waals surface area contributed by atoms with Crippen molar-refractivity contribution in [1.29, 1.82) is 0 Å². The molecule has 1 unspecified atom stereocenters.